The van der Waals surface area contributed by atoms with Crippen LogP contribution < -0.4 is 0 Å². The molecule has 0 heterocycles. The van der Waals surface area contributed by atoms with Gasteiger partial charge in [-0.2, -0.15) is 5.26 Å². The Morgan fingerprint density at radius 2 is 1.23 bits per heavy atom. The van der Waals surface area contributed by atoms with E-state index in [0.717, 1.165) is 19.6 Å². The summed E-state index contributed by atoms with van der Waals surface area (Å²) in [6.45, 7) is 19.4. The Hall–Kier alpha value is -1.69. The van der Waals surface area contributed by atoms with Gasteiger partial charge in [-0.1, -0.05) is 0 Å². The van der Waals surface area contributed by atoms with E-state index >= 15 is 0 Å². The molecular formula is C15H24N4O3. The van der Waals surface area contributed by atoms with Crippen LogP contribution in [0.1, 0.15) is 6.42 Å². The summed E-state index contributed by atoms with van der Waals surface area (Å²) in [4.78, 5) is 8.61. The summed E-state index contributed by atoms with van der Waals surface area (Å²) in [6.07, 6.45) is 0.402. The molecule has 122 valence electrons. The van der Waals surface area contributed by atoms with Crippen LogP contribution in [0.5, 0.6) is 0 Å². The SMILES string of the molecule is [C-]#[N+]CCOCCN(CCOCCC#N)CCOCC[N+]#[C-]. The quantitative estimate of drug-likeness (QED) is 0.335. The highest BCUT2D eigenvalue weighted by Crippen LogP contribution is 1.92. The molecule has 0 aromatic carbocycles. The van der Waals surface area contributed by atoms with Gasteiger partial charge in [0.15, 0.2) is 0 Å². The van der Waals surface area contributed by atoms with E-state index < -0.39 is 0 Å². The van der Waals surface area contributed by atoms with Crippen molar-refractivity contribution in [2.75, 3.05) is 72.4 Å². The number of nitriles is 1. The fraction of sp³-hybridized carbons (Fsp3) is 0.800. The lowest BCUT2D eigenvalue weighted by atomic mass is 10.4. The molecule has 0 amide bonds. The predicted molar refractivity (Wildman–Crippen MR) is 82.1 cm³/mol. The van der Waals surface area contributed by atoms with E-state index in [1.165, 1.54) is 0 Å². The molecule has 0 aromatic heterocycles. The van der Waals surface area contributed by atoms with Gasteiger partial charge in [0, 0.05) is 19.6 Å². The van der Waals surface area contributed by atoms with Crippen LogP contribution in [0.3, 0.4) is 0 Å². The minimum Gasteiger partial charge on any atom is -0.379 e. The number of nitrogens with zero attached hydrogens (tertiary/aromatic N) is 4. The first-order chi connectivity index (χ1) is 10.8. The van der Waals surface area contributed by atoms with Crippen molar-refractivity contribution in [3.8, 4) is 6.07 Å². The van der Waals surface area contributed by atoms with Crippen molar-refractivity contribution in [1.82, 2.24) is 4.90 Å². The van der Waals surface area contributed by atoms with Gasteiger partial charge in [-0.3, -0.25) is 4.90 Å². The van der Waals surface area contributed by atoms with Gasteiger partial charge in [-0.25, -0.2) is 13.1 Å². The maximum Gasteiger partial charge on any atom is 0.237 e. The summed E-state index contributed by atoms with van der Waals surface area (Å²) in [5.41, 5.74) is 0. The number of hydrogen-bond donors (Lipinski definition) is 0. The highest BCUT2D eigenvalue weighted by atomic mass is 16.5. The van der Waals surface area contributed by atoms with Crippen LogP contribution in [-0.4, -0.2) is 77.3 Å². The lowest BCUT2D eigenvalue weighted by molar-refractivity contribution is 0.0583. The molecule has 0 aromatic rings. The van der Waals surface area contributed by atoms with Crippen LogP contribution in [0.2, 0.25) is 0 Å². The zero-order chi connectivity index (χ0) is 16.3. The largest absolute Gasteiger partial charge is 0.379 e. The van der Waals surface area contributed by atoms with Gasteiger partial charge < -0.3 is 23.9 Å². The zero-order valence-corrected chi connectivity index (χ0v) is 13.0. The summed E-state index contributed by atoms with van der Waals surface area (Å²) >= 11 is 0. The van der Waals surface area contributed by atoms with Crippen LogP contribution in [-0.2, 0) is 14.2 Å². The molecule has 0 spiro atoms. The Morgan fingerprint density at radius 3 is 1.64 bits per heavy atom. The van der Waals surface area contributed by atoms with E-state index in [1.54, 1.807) is 0 Å². The van der Waals surface area contributed by atoms with Gasteiger partial charge in [0.05, 0.1) is 38.9 Å². The standard InChI is InChI=1S/C15H24N4O3/c1-17-5-11-21-14-8-19(7-13-20-10-3-4-16)9-15-22-12-6-18-2/h3,5-15H2. The van der Waals surface area contributed by atoms with Gasteiger partial charge in [-0.05, 0) is 0 Å². The zero-order valence-electron chi connectivity index (χ0n) is 13.0. The Bertz CT molecular complexity index is 313. The van der Waals surface area contributed by atoms with E-state index in [0.29, 0.717) is 59.2 Å². The van der Waals surface area contributed by atoms with Crippen molar-refractivity contribution in [1.29, 1.82) is 5.26 Å². The molecule has 0 radical (unpaired) electrons. The molecule has 0 aliphatic rings. The van der Waals surface area contributed by atoms with E-state index in [1.807, 2.05) is 6.07 Å². The van der Waals surface area contributed by atoms with E-state index in [2.05, 4.69) is 14.6 Å². The Morgan fingerprint density at radius 1 is 0.773 bits per heavy atom. The van der Waals surface area contributed by atoms with Crippen molar-refractivity contribution >= 4 is 0 Å². The molecule has 7 heteroatoms. The molecule has 0 aliphatic heterocycles. The Balaban J connectivity index is 3.80. The van der Waals surface area contributed by atoms with Crippen LogP contribution in [0, 0.1) is 24.5 Å². The second kappa shape index (κ2) is 17.4. The third-order valence-corrected chi connectivity index (χ3v) is 2.71. The Kier molecular flexibility index (Phi) is 16.0. The summed E-state index contributed by atoms with van der Waals surface area (Å²) in [5, 5.41) is 8.43. The maximum absolute atomic E-state index is 8.43. The van der Waals surface area contributed by atoms with Crippen molar-refractivity contribution in [3.05, 3.63) is 22.8 Å². The van der Waals surface area contributed by atoms with Crippen LogP contribution in [0.15, 0.2) is 0 Å². The van der Waals surface area contributed by atoms with Gasteiger partial charge in [0.2, 0.25) is 13.1 Å². The number of rotatable bonds is 15. The predicted octanol–water partition coefficient (Wildman–Crippen LogP) is 1.09. The third-order valence-electron chi connectivity index (χ3n) is 2.71. The average Bonchev–Trinajstić information content (AvgIpc) is 2.53. The number of ether oxygens (including phenoxy) is 3. The molecule has 0 atom stereocenters. The molecule has 0 fully saturated rings. The molecule has 22 heavy (non-hydrogen) atoms. The van der Waals surface area contributed by atoms with E-state index in [4.69, 9.17) is 32.6 Å². The van der Waals surface area contributed by atoms with Gasteiger partial charge >= 0.3 is 0 Å². The van der Waals surface area contributed by atoms with Gasteiger partial charge in [0.1, 0.15) is 13.2 Å². The second-order valence-electron chi connectivity index (χ2n) is 4.35. The van der Waals surface area contributed by atoms with Crippen LogP contribution in [0.25, 0.3) is 9.69 Å². The molecule has 0 aliphatic carbocycles. The normalized spacial score (nSPS) is 10.1. The van der Waals surface area contributed by atoms with Gasteiger partial charge in [0.25, 0.3) is 0 Å². The topological polar surface area (TPSA) is 63.4 Å². The highest BCUT2D eigenvalue weighted by molar-refractivity contribution is 4.67. The minimum absolute atomic E-state index is 0.386. The molecule has 0 saturated carbocycles. The van der Waals surface area contributed by atoms with Crippen LogP contribution >= 0.6 is 0 Å². The third kappa shape index (κ3) is 14.7. The minimum atomic E-state index is 0.386. The first-order valence-corrected chi connectivity index (χ1v) is 7.34. The van der Waals surface area contributed by atoms with Gasteiger partial charge in [-0.15, -0.1) is 0 Å². The average molecular weight is 308 g/mol. The monoisotopic (exact) mass is 308 g/mol. The summed E-state index contributed by atoms with van der Waals surface area (Å²) < 4.78 is 16.1. The summed E-state index contributed by atoms with van der Waals surface area (Å²) in [6, 6.07) is 2.04. The molecule has 0 N–H and O–H groups in total. The molecule has 0 saturated heterocycles. The van der Waals surface area contributed by atoms with Crippen LogP contribution in [0.4, 0.5) is 0 Å². The Labute approximate surface area is 133 Å². The second-order valence-corrected chi connectivity index (χ2v) is 4.35. The first-order valence-electron chi connectivity index (χ1n) is 7.34. The van der Waals surface area contributed by atoms with E-state index in [-0.39, 0.29) is 0 Å². The van der Waals surface area contributed by atoms with Crippen molar-refractivity contribution in [2.24, 2.45) is 0 Å². The smallest absolute Gasteiger partial charge is 0.237 e. The van der Waals surface area contributed by atoms with Crippen molar-refractivity contribution in [3.63, 3.8) is 0 Å². The molecule has 0 unspecified atom stereocenters. The fourth-order valence-electron chi connectivity index (χ4n) is 1.56. The lowest BCUT2D eigenvalue weighted by Gasteiger charge is -2.21. The first kappa shape index (κ1) is 20.3. The van der Waals surface area contributed by atoms with Crippen molar-refractivity contribution < 1.29 is 14.2 Å². The highest BCUT2D eigenvalue weighted by Gasteiger charge is 2.05. The molecule has 0 rings (SSSR count). The molecular weight excluding hydrogens is 284 g/mol. The lowest BCUT2D eigenvalue weighted by Crippen LogP contribution is -2.34. The molecule has 0 bridgehead atoms. The fourth-order valence-corrected chi connectivity index (χ4v) is 1.56. The maximum atomic E-state index is 8.43. The summed E-state index contributed by atoms with van der Waals surface area (Å²) in [7, 11) is 0. The summed E-state index contributed by atoms with van der Waals surface area (Å²) in [5.74, 6) is 0. The molecule has 7 nitrogen and oxygen atoms in total. The number of hydrogen-bond acceptors (Lipinski definition) is 5. The van der Waals surface area contributed by atoms with Crippen molar-refractivity contribution in [2.45, 2.75) is 6.42 Å². The van der Waals surface area contributed by atoms with E-state index in [9.17, 15) is 0 Å².